The Bertz CT molecular complexity index is 567. The Labute approximate surface area is 114 Å². The van der Waals surface area contributed by atoms with Crippen molar-refractivity contribution in [2.45, 2.75) is 39.7 Å². The molecule has 102 valence electrons. The third kappa shape index (κ3) is 2.95. The van der Waals surface area contributed by atoms with Crippen LogP contribution in [0.1, 0.15) is 38.0 Å². The van der Waals surface area contributed by atoms with Gasteiger partial charge in [-0.15, -0.1) is 10.2 Å². The van der Waals surface area contributed by atoms with E-state index in [1.54, 1.807) is 0 Å². The number of aromatic nitrogens is 3. The average molecular weight is 259 g/mol. The smallest absolute Gasteiger partial charge is 0.170 e. The molecule has 0 saturated heterocycles. The molecule has 2 rings (SSSR count). The van der Waals surface area contributed by atoms with E-state index in [1.165, 1.54) is 5.56 Å². The van der Waals surface area contributed by atoms with E-state index in [1.807, 2.05) is 36.7 Å². The lowest BCUT2D eigenvalue weighted by Crippen LogP contribution is -2.14. The van der Waals surface area contributed by atoms with Gasteiger partial charge in [0.05, 0.1) is 0 Å². The maximum Gasteiger partial charge on any atom is 0.170 e. The van der Waals surface area contributed by atoms with Gasteiger partial charge in [0.2, 0.25) is 0 Å². The standard InChI is InChI=1S/C15H21N3O/c1-11-16-17-14(18(11)5)10-19-13-9-7-6-8-12(13)15(2,3)4/h6-9H,10H2,1-5H3. The Morgan fingerprint density at radius 1 is 1.16 bits per heavy atom. The second-order valence-corrected chi connectivity index (χ2v) is 5.76. The minimum absolute atomic E-state index is 0.0619. The zero-order valence-electron chi connectivity index (χ0n) is 12.3. The molecule has 0 atom stereocenters. The summed E-state index contributed by atoms with van der Waals surface area (Å²) in [6, 6.07) is 8.15. The molecule has 4 nitrogen and oxygen atoms in total. The van der Waals surface area contributed by atoms with Crippen LogP contribution in [0.5, 0.6) is 5.75 Å². The molecule has 1 aromatic carbocycles. The molecule has 0 aliphatic rings. The molecule has 0 bridgehead atoms. The maximum atomic E-state index is 5.92. The molecule has 0 aliphatic heterocycles. The number of benzene rings is 1. The van der Waals surface area contributed by atoms with Crippen LogP contribution in [-0.2, 0) is 19.1 Å². The Kier molecular flexibility index (Phi) is 3.60. The van der Waals surface area contributed by atoms with E-state index in [0.717, 1.165) is 17.4 Å². The van der Waals surface area contributed by atoms with Crippen LogP contribution >= 0.6 is 0 Å². The van der Waals surface area contributed by atoms with E-state index in [2.05, 4.69) is 37.0 Å². The van der Waals surface area contributed by atoms with Crippen molar-refractivity contribution >= 4 is 0 Å². The van der Waals surface area contributed by atoms with Gasteiger partial charge in [0.1, 0.15) is 18.2 Å². The van der Waals surface area contributed by atoms with Crippen molar-refractivity contribution in [3.05, 3.63) is 41.5 Å². The highest BCUT2D eigenvalue weighted by Gasteiger charge is 2.18. The third-order valence-corrected chi connectivity index (χ3v) is 3.23. The summed E-state index contributed by atoms with van der Waals surface area (Å²) in [6.45, 7) is 8.91. The van der Waals surface area contributed by atoms with Crippen molar-refractivity contribution in [1.29, 1.82) is 0 Å². The Morgan fingerprint density at radius 2 is 1.84 bits per heavy atom. The van der Waals surface area contributed by atoms with Crippen molar-refractivity contribution in [3.8, 4) is 5.75 Å². The Balaban J connectivity index is 2.19. The number of para-hydroxylation sites is 1. The van der Waals surface area contributed by atoms with Gasteiger partial charge < -0.3 is 9.30 Å². The van der Waals surface area contributed by atoms with Crippen molar-refractivity contribution in [1.82, 2.24) is 14.8 Å². The molecule has 0 radical (unpaired) electrons. The third-order valence-electron chi connectivity index (χ3n) is 3.23. The van der Waals surface area contributed by atoms with Gasteiger partial charge in [-0.25, -0.2) is 0 Å². The van der Waals surface area contributed by atoms with Gasteiger partial charge >= 0.3 is 0 Å². The zero-order valence-corrected chi connectivity index (χ0v) is 12.3. The monoisotopic (exact) mass is 259 g/mol. The number of ether oxygens (including phenoxy) is 1. The summed E-state index contributed by atoms with van der Waals surface area (Å²) in [5.41, 5.74) is 1.26. The molecular weight excluding hydrogens is 238 g/mol. The zero-order chi connectivity index (χ0) is 14.0. The molecule has 0 N–H and O–H groups in total. The Morgan fingerprint density at radius 3 is 2.42 bits per heavy atom. The number of hydrogen-bond donors (Lipinski definition) is 0. The van der Waals surface area contributed by atoms with Crippen molar-refractivity contribution in [2.24, 2.45) is 7.05 Å². The number of aryl methyl sites for hydroxylation is 1. The molecule has 0 amide bonds. The van der Waals surface area contributed by atoms with Crippen LogP contribution in [0, 0.1) is 6.92 Å². The first-order valence-corrected chi connectivity index (χ1v) is 6.47. The van der Waals surface area contributed by atoms with E-state index in [9.17, 15) is 0 Å². The lowest BCUT2D eigenvalue weighted by atomic mass is 9.86. The molecule has 19 heavy (non-hydrogen) atoms. The minimum atomic E-state index is 0.0619. The molecule has 4 heteroatoms. The topological polar surface area (TPSA) is 39.9 Å². The van der Waals surface area contributed by atoms with Crippen LogP contribution < -0.4 is 4.74 Å². The minimum Gasteiger partial charge on any atom is -0.485 e. The van der Waals surface area contributed by atoms with Crippen LogP contribution in [0.15, 0.2) is 24.3 Å². The first-order valence-electron chi connectivity index (χ1n) is 6.47. The quantitative estimate of drug-likeness (QED) is 0.850. The van der Waals surface area contributed by atoms with Crippen LogP contribution in [-0.4, -0.2) is 14.8 Å². The first kappa shape index (κ1) is 13.6. The fourth-order valence-corrected chi connectivity index (χ4v) is 1.93. The molecule has 0 aliphatic carbocycles. The molecular formula is C15H21N3O. The predicted molar refractivity (Wildman–Crippen MR) is 75.2 cm³/mol. The largest absolute Gasteiger partial charge is 0.485 e. The van der Waals surface area contributed by atoms with Gasteiger partial charge in [-0.3, -0.25) is 0 Å². The highest BCUT2D eigenvalue weighted by molar-refractivity contribution is 5.38. The van der Waals surface area contributed by atoms with Crippen molar-refractivity contribution in [3.63, 3.8) is 0 Å². The molecule has 0 fully saturated rings. The summed E-state index contributed by atoms with van der Waals surface area (Å²) in [5, 5.41) is 8.14. The van der Waals surface area contributed by atoms with E-state index in [4.69, 9.17) is 4.74 Å². The molecule has 1 aromatic heterocycles. The van der Waals surface area contributed by atoms with Crippen molar-refractivity contribution < 1.29 is 4.74 Å². The summed E-state index contributed by atoms with van der Waals surface area (Å²) < 4.78 is 7.86. The van der Waals surface area contributed by atoms with Crippen LogP contribution in [0.25, 0.3) is 0 Å². The molecule has 0 unspecified atom stereocenters. The Hall–Kier alpha value is -1.84. The van der Waals surface area contributed by atoms with E-state index in [0.29, 0.717) is 6.61 Å². The molecule has 2 aromatic rings. The molecule has 0 saturated carbocycles. The van der Waals surface area contributed by atoms with Gasteiger partial charge in [0, 0.05) is 7.05 Å². The lowest BCUT2D eigenvalue weighted by molar-refractivity contribution is 0.283. The summed E-state index contributed by atoms with van der Waals surface area (Å²) in [5.74, 6) is 2.64. The number of rotatable bonds is 3. The van der Waals surface area contributed by atoms with Gasteiger partial charge in [-0.2, -0.15) is 0 Å². The summed E-state index contributed by atoms with van der Waals surface area (Å²) in [6.07, 6.45) is 0. The fourth-order valence-electron chi connectivity index (χ4n) is 1.93. The van der Waals surface area contributed by atoms with Crippen molar-refractivity contribution in [2.75, 3.05) is 0 Å². The highest BCUT2D eigenvalue weighted by atomic mass is 16.5. The van der Waals surface area contributed by atoms with E-state index in [-0.39, 0.29) is 5.41 Å². The van der Waals surface area contributed by atoms with Gasteiger partial charge in [0.15, 0.2) is 5.82 Å². The van der Waals surface area contributed by atoms with E-state index < -0.39 is 0 Å². The summed E-state index contributed by atoms with van der Waals surface area (Å²) in [4.78, 5) is 0. The number of hydrogen-bond acceptors (Lipinski definition) is 3. The fraction of sp³-hybridized carbons (Fsp3) is 0.467. The predicted octanol–water partition coefficient (Wildman–Crippen LogP) is 3.00. The highest BCUT2D eigenvalue weighted by Crippen LogP contribution is 2.31. The van der Waals surface area contributed by atoms with Gasteiger partial charge in [-0.1, -0.05) is 39.0 Å². The number of nitrogens with zero attached hydrogens (tertiary/aromatic N) is 3. The SMILES string of the molecule is Cc1nnc(COc2ccccc2C(C)(C)C)n1C. The summed E-state index contributed by atoms with van der Waals surface area (Å²) in [7, 11) is 1.95. The second kappa shape index (κ2) is 5.03. The molecule has 1 heterocycles. The lowest BCUT2D eigenvalue weighted by Gasteiger charge is -2.22. The molecule has 0 spiro atoms. The normalized spacial score (nSPS) is 11.6. The van der Waals surface area contributed by atoms with Crippen LogP contribution in [0.4, 0.5) is 0 Å². The average Bonchev–Trinajstić information content (AvgIpc) is 2.67. The van der Waals surface area contributed by atoms with Gasteiger partial charge in [-0.05, 0) is 24.0 Å². The van der Waals surface area contributed by atoms with Crippen LogP contribution in [0.3, 0.4) is 0 Å². The second-order valence-electron chi connectivity index (χ2n) is 5.76. The van der Waals surface area contributed by atoms with Crippen LogP contribution in [0.2, 0.25) is 0 Å². The maximum absolute atomic E-state index is 5.92. The summed E-state index contributed by atoms with van der Waals surface area (Å²) >= 11 is 0. The van der Waals surface area contributed by atoms with E-state index >= 15 is 0 Å². The van der Waals surface area contributed by atoms with Gasteiger partial charge in [0.25, 0.3) is 0 Å². The first-order chi connectivity index (χ1) is 8.89.